The van der Waals surface area contributed by atoms with Crippen molar-refractivity contribution in [2.24, 2.45) is 0 Å². The highest BCUT2D eigenvalue weighted by atomic mass is 16.5. The zero-order valence-corrected chi connectivity index (χ0v) is 9.32. The Morgan fingerprint density at radius 1 is 1.40 bits per heavy atom. The zero-order chi connectivity index (χ0) is 11.3. The monoisotopic (exact) mass is 208 g/mol. The normalized spacial score (nSPS) is 11.9. The predicted molar refractivity (Wildman–Crippen MR) is 58.0 cm³/mol. The summed E-state index contributed by atoms with van der Waals surface area (Å²) in [5.74, 6) is 0.353. The Morgan fingerprint density at radius 3 is 2.67 bits per heavy atom. The number of ether oxygens (including phenoxy) is 2. The van der Waals surface area contributed by atoms with E-state index in [4.69, 9.17) is 9.47 Å². The van der Waals surface area contributed by atoms with E-state index in [2.05, 4.69) is 0 Å². The number of esters is 1. The van der Waals surface area contributed by atoms with Gasteiger partial charge in [0.15, 0.2) is 0 Å². The molecular formula is C12H16O3. The van der Waals surface area contributed by atoms with Crippen molar-refractivity contribution in [3.05, 3.63) is 29.8 Å². The molecule has 0 aromatic heterocycles. The number of carbonyl (C=O) groups is 1. The minimum atomic E-state index is -0.204. The summed E-state index contributed by atoms with van der Waals surface area (Å²) >= 11 is 0. The van der Waals surface area contributed by atoms with Crippen molar-refractivity contribution in [2.75, 3.05) is 14.2 Å². The molecule has 0 aliphatic heterocycles. The van der Waals surface area contributed by atoms with E-state index in [0.29, 0.717) is 0 Å². The van der Waals surface area contributed by atoms with Crippen LogP contribution in [-0.2, 0) is 9.53 Å². The van der Waals surface area contributed by atoms with Crippen molar-refractivity contribution in [1.82, 2.24) is 0 Å². The van der Waals surface area contributed by atoms with Crippen LogP contribution in [0.4, 0.5) is 0 Å². The molecule has 15 heavy (non-hydrogen) atoms. The highest BCUT2D eigenvalue weighted by Gasteiger charge is 2.19. The van der Waals surface area contributed by atoms with E-state index in [0.717, 1.165) is 17.7 Å². The third kappa shape index (κ3) is 2.72. The lowest BCUT2D eigenvalue weighted by Crippen LogP contribution is -2.13. The van der Waals surface area contributed by atoms with E-state index in [1.807, 2.05) is 31.2 Å². The van der Waals surface area contributed by atoms with Crippen molar-refractivity contribution in [1.29, 1.82) is 0 Å². The summed E-state index contributed by atoms with van der Waals surface area (Å²) < 4.78 is 9.86. The van der Waals surface area contributed by atoms with Crippen LogP contribution in [0.15, 0.2) is 24.3 Å². The van der Waals surface area contributed by atoms with Gasteiger partial charge in [-0.25, -0.2) is 0 Å². The number of carbonyl (C=O) groups excluding carboxylic acids is 1. The summed E-state index contributed by atoms with van der Waals surface area (Å²) in [7, 11) is 3.02. The summed E-state index contributed by atoms with van der Waals surface area (Å²) in [6.07, 6.45) is 0.722. The van der Waals surface area contributed by atoms with Gasteiger partial charge in [0.05, 0.1) is 20.1 Å². The summed E-state index contributed by atoms with van der Waals surface area (Å²) in [5.41, 5.74) is 0.934. The molecule has 0 heterocycles. The molecule has 0 amide bonds. The lowest BCUT2D eigenvalue weighted by molar-refractivity contribution is -0.142. The molecule has 0 radical (unpaired) electrons. The molecule has 1 atom stereocenters. The van der Waals surface area contributed by atoms with Gasteiger partial charge in [-0.3, -0.25) is 4.79 Å². The van der Waals surface area contributed by atoms with Crippen LogP contribution < -0.4 is 4.74 Å². The summed E-state index contributed by atoms with van der Waals surface area (Å²) in [6.45, 7) is 1.96. The first kappa shape index (κ1) is 11.6. The molecule has 0 fully saturated rings. The highest BCUT2D eigenvalue weighted by molar-refractivity contribution is 5.78. The molecule has 3 nitrogen and oxygen atoms in total. The van der Waals surface area contributed by atoms with E-state index in [-0.39, 0.29) is 11.9 Å². The molecule has 1 unspecified atom stereocenters. The summed E-state index contributed by atoms with van der Waals surface area (Å²) in [6, 6.07) is 7.51. The zero-order valence-electron chi connectivity index (χ0n) is 9.32. The fourth-order valence-corrected chi connectivity index (χ4v) is 1.54. The average Bonchev–Trinajstić information content (AvgIpc) is 2.30. The van der Waals surface area contributed by atoms with Crippen molar-refractivity contribution in [3.63, 3.8) is 0 Å². The Hall–Kier alpha value is -1.51. The van der Waals surface area contributed by atoms with Crippen LogP contribution in [0.25, 0.3) is 0 Å². The van der Waals surface area contributed by atoms with Crippen molar-refractivity contribution in [3.8, 4) is 5.75 Å². The van der Waals surface area contributed by atoms with Gasteiger partial charge in [-0.1, -0.05) is 19.1 Å². The van der Waals surface area contributed by atoms with Crippen molar-refractivity contribution < 1.29 is 14.3 Å². The SMILES string of the molecule is CCC(C(=O)OC)c1cccc(OC)c1. The van der Waals surface area contributed by atoms with E-state index in [1.54, 1.807) is 7.11 Å². The van der Waals surface area contributed by atoms with Crippen LogP contribution in [0.5, 0.6) is 5.75 Å². The third-order valence-corrected chi connectivity index (χ3v) is 2.39. The van der Waals surface area contributed by atoms with Gasteiger partial charge in [0.1, 0.15) is 5.75 Å². The number of hydrogen-bond acceptors (Lipinski definition) is 3. The van der Waals surface area contributed by atoms with Gasteiger partial charge in [-0.05, 0) is 24.1 Å². The molecule has 82 valence electrons. The third-order valence-electron chi connectivity index (χ3n) is 2.39. The molecule has 0 spiro atoms. The van der Waals surface area contributed by atoms with E-state index < -0.39 is 0 Å². The van der Waals surface area contributed by atoms with Crippen LogP contribution >= 0.6 is 0 Å². The number of benzene rings is 1. The van der Waals surface area contributed by atoms with Crippen LogP contribution in [0.3, 0.4) is 0 Å². The fourth-order valence-electron chi connectivity index (χ4n) is 1.54. The lowest BCUT2D eigenvalue weighted by atomic mass is 9.96. The first-order valence-electron chi connectivity index (χ1n) is 4.94. The molecule has 0 aliphatic rings. The van der Waals surface area contributed by atoms with E-state index in [9.17, 15) is 4.79 Å². The largest absolute Gasteiger partial charge is 0.497 e. The Kier molecular flexibility index (Phi) is 4.16. The van der Waals surface area contributed by atoms with E-state index >= 15 is 0 Å². The molecule has 1 rings (SSSR count). The number of rotatable bonds is 4. The maximum atomic E-state index is 11.5. The molecule has 1 aromatic rings. The van der Waals surface area contributed by atoms with Crippen molar-refractivity contribution in [2.45, 2.75) is 19.3 Å². The van der Waals surface area contributed by atoms with Gasteiger partial charge in [-0.2, -0.15) is 0 Å². The summed E-state index contributed by atoms with van der Waals surface area (Å²) in [5, 5.41) is 0. The smallest absolute Gasteiger partial charge is 0.313 e. The van der Waals surface area contributed by atoms with Gasteiger partial charge >= 0.3 is 5.97 Å². The van der Waals surface area contributed by atoms with Gasteiger partial charge < -0.3 is 9.47 Å². The maximum Gasteiger partial charge on any atom is 0.313 e. The first-order valence-corrected chi connectivity index (χ1v) is 4.94. The minimum Gasteiger partial charge on any atom is -0.497 e. The van der Waals surface area contributed by atoms with Gasteiger partial charge in [0, 0.05) is 0 Å². The van der Waals surface area contributed by atoms with Crippen LogP contribution in [0.2, 0.25) is 0 Å². The molecule has 0 aliphatic carbocycles. The average molecular weight is 208 g/mol. The first-order chi connectivity index (χ1) is 7.22. The highest BCUT2D eigenvalue weighted by Crippen LogP contribution is 2.24. The second-order valence-electron chi connectivity index (χ2n) is 3.26. The molecule has 0 bridgehead atoms. The molecule has 1 aromatic carbocycles. The Balaban J connectivity index is 2.96. The standard InChI is InChI=1S/C12H16O3/c1-4-11(12(13)15-3)9-6-5-7-10(8-9)14-2/h5-8,11H,4H2,1-3H3. The minimum absolute atomic E-state index is 0.203. The Labute approximate surface area is 90.0 Å². The fraction of sp³-hybridized carbons (Fsp3) is 0.417. The second-order valence-corrected chi connectivity index (χ2v) is 3.26. The molecule has 0 N–H and O–H groups in total. The quantitative estimate of drug-likeness (QED) is 0.712. The van der Waals surface area contributed by atoms with Gasteiger partial charge in [-0.15, -0.1) is 0 Å². The molecule has 0 saturated heterocycles. The van der Waals surface area contributed by atoms with Crippen molar-refractivity contribution >= 4 is 5.97 Å². The molecule has 3 heteroatoms. The molecular weight excluding hydrogens is 192 g/mol. The second kappa shape index (κ2) is 5.39. The number of methoxy groups -OCH3 is 2. The Bertz CT molecular complexity index is 333. The van der Waals surface area contributed by atoms with Crippen LogP contribution in [0.1, 0.15) is 24.8 Å². The lowest BCUT2D eigenvalue weighted by Gasteiger charge is -2.13. The number of hydrogen-bond donors (Lipinski definition) is 0. The van der Waals surface area contributed by atoms with Crippen LogP contribution in [0, 0.1) is 0 Å². The summed E-state index contributed by atoms with van der Waals surface area (Å²) in [4.78, 5) is 11.5. The maximum absolute atomic E-state index is 11.5. The molecule has 0 saturated carbocycles. The van der Waals surface area contributed by atoms with E-state index in [1.165, 1.54) is 7.11 Å². The predicted octanol–water partition coefficient (Wildman–Crippen LogP) is 2.36. The Morgan fingerprint density at radius 2 is 2.13 bits per heavy atom. The topological polar surface area (TPSA) is 35.5 Å². The van der Waals surface area contributed by atoms with Gasteiger partial charge in [0.2, 0.25) is 0 Å². The van der Waals surface area contributed by atoms with Gasteiger partial charge in [0.25, 0.3) is 0 Å². The van der Waals surface area contributed by atoms with Crippen LogP contribution in [-0.4, -0.2) is 20.2 Å².